The van der Waals surface area contributed by atoms with E-state index in [9.17, 15) is 9.59 Å². The first kappa shape index (κ1) is 19.0. The number of hydrogen-bond donors (Lipinski definition) is 1. The molecule has 30 heavy (non-hydrogen) atoms. The van der Waals surface area contributed by atoms with Crippen molar-refractivity contribution in [1.82, 2.24) is 4.98 Å². The number of hydrogen-bond acceptors (Lipinski definition) is 4. The lowest BCUT2D eigenvalue weighted by Crippen LogP contribution is -2.29. The minimum absolute atomic E-state index is 0.00787. The fourth-order valence-electron chi connectivity index (χ4n) is 4.33. The van der Waals surface area contributed by atoms with Crippen LogP contribution in [0.1, 0.15) is 36.6 Å². The van der Waals surface area contributed by atoms with Crippen molar-refractivity contribution in [3.8, 4) is 0 Å². The molecule has 1 N–H and O–H groups in total. The Labute approximate surface area is 179 Å². The standard InChI is InChI=1S/C24H23N3O2S/c28-22-13-6-14-27(22)17-8-5-7-16(15-17)25-23(29)18-9-1-2-10-19(18)24-26-20-11-3-4-12-21(20)30-24/h1-5,7-8,11-12,15,18-19H,6,9-10,13-14H2,(H,25,29). The smallest absolute Gasteiger partial charge is 0.228 e. The van der Waals surface area contributed by atoms with Gasteiger partial charge < -0.3 is 10.2 Å². The molecule has 2 atom stereocenters. The summed E-state index contributed by atoms with van der Waals surface area (Å²) < 4.78 is 1.16. The Kier molecular flexibility index (Phi) is 5.09. The van der Waals surface area contributed by atoms with Crippen molar-refractivity contribution >= 4 is 44.7 Å². The minimum Gasteiger partial charge on any atom is -0.326 e. The molecule has 1 aromatic heterocycles. The Morgan fingerprint density at radius 1 is 1.10 bits per heavy atom. The lowest BCUT2D eigenvalue weighted by Gasteiger charge is -2.26. The molecule has 2 unspecified atom stereocenters. The molecule has 5 nitrogen and oxygen atoms in total. The van der Waals surface area contributed by atoms with E-state index in [4.69, 9.17) is 4.98 Å². The number of carbonyl (C=O) groups excluding carboxylic acids is 2. The molecule has 2 amide bonds. The molecule has 3 aromatic rings. The van der Waals surface area contributed by atoms with Crippen LogP contribution in [0.3, 0.4) is 0 Å². The minimum atomic E-state index is -0.160. The molecule has 0 radical (unpaired) electrons. The van der Waals surface area contributed by atoms with Crippen molar-refractivity contribution < 1.29 is 9.59 Å². The number of benzene rings is 2. The zero-order valence-electron chi connectivity index (χ0n) is 16.6. The maximum absolute atomic E-state index is 13.2. The van der Waals surface area contributed by atoms with E-state index in [0.717, 1.165) is 46.0 Å². The lowest BCUT2D eigenvalue weighted by molar-refractivity contribution is -0.120. The molecule has 1 aliphatic heterocycles. The van der Waals surface area contributed by atoms with E-state index in [-0.39, 0.29) is 23.7 Å². The molecule has 152 valence electrons. The Bertz CT molecular complexity index is 1100. The molecule has 0 bridgehead atoms. The van der Waals surface area contributed by atoms with Gasteiger partial charge in [-0.3, -0.25) is 9.59 Å². The van der Waals surface area contributed by atoms with Gasteiger partial charge in [-0.25, -0.2) is 4.98 Å². The summed E-state index contributed by atoms with van der Waals surface area (Å²) >= 11 is 1.68. The summed E-state index contributed by atoms with van der Waals surface area (Å²) in [4.78, 5) is 31.9. The first-order chi connectivity index (χ1) is 14.7. The van der Waals surface area contributed by atoms with Gasteiger partial charge in [-0.1, -0.05) is 30.4 Å². The van der Waals surface area contributed by atoms with E-state index in [2.05, 4.69) is 23.5 Å². The second-order valence-corrected chi connectivity index (χ2v) is 8.93. The molecule has 0 spiro atoms. The molecular weight excluding hydrogens is 394 g/mol. The van der Waals surface area contributed by atoms with Crippen molar-refractivity contribution in [2.75, 3.05) is 16.8 Å². The quantitative estimate of drug-likeness (QED) is 0.600. The number of amides is 2. The van der Waals surface area contributed by atoms with Crippen molar-refractivity contribution in [3.63, 3.8) is 0 Å². The van der Waals surface area contributed by atoms with Gasteiger partial charge in [-0.05, 0) is 49.6 Å². The summed E-state index contributed by atoms with van der Waals surface area (Å²) in [5.74, 6) is 0.0729. The number of thiazole rings is 1. The maximum atomic E-state index is 13.2. The van der Waals surface area contributed by atoms with Gasteiger partial charge in [0, 0.05) is 30.3 Å². The van der Waals surface area contributed by atoms with E-state index in [1.54, 1.807) is 16.2 Å². The Morgan fingerprint density at radius 3 is 2.80 bits per heavy atom. The van der Waals surface area contributed by atoms with Crippen LogP contribution in [0.2, 0.25) is 0 Å². The third-order valence-corrected chi connectivity index (χ3v) is 7.06. The summed E-state index contributed by atoms with van der Waals surface area (Å²) in [6.07, 6.45) is 7.24. The van der Waals surface area contributed by atoms with Gasteiger partial charge in [0.2, 0.25) is 11.8 Å². The SMILES string of the molecule is O=C(Nc1cccc(N2CCCC2=O)c1)C1CC=CCC1c1nc2ccccc2s1. The molecule has 6 heteroatoms. The van der Waals surface area contributed by atoms with Crippen LogP contribution in [0.25, 0.3) is 10.2 Å². The average Bonchev–Trinajstić information content (AvgIpc) is 3.40. The summed E-state index contributed by atoms with van der Waals surface area (Å²) in [5, 5.41) is 4.12. The average molecular weight is 418 g/mol. The summed E-state index contributed by atoms with van der Waals surface area (Å²) in [6, 6.07) is 15.7. The number of nitrogens with one attached hydrogen (secondary N) is 1. The highest BCUT2D eigenvalue weighted by molar-refractivity contribution is 7.18. The summed E-state index contributed by atoms with van der Waals surface area (Å²) in [7, 11) is 0. The second-order valence-electron chi connectivity index (χ2n) is 7.86. The molecular formula is C24H23N3O2S. The predicted molar refractivity (Wildman–Crippen MR) is 121 cm³/mol. The van der Waals surface area contributed by atoms with Crippen molar-refractivity contribution in [2.24, 2.45) is 5.92 Å². The van der Waals surface area contributed by atoms with Gasteiger partial charge in [-0.15, -0.1) is 11.3 Å². The molecule has 2 heterocycles. The van der Waals surface area contributed by atoms with Gasteiger partial charge in [0.1, 0.15) is 0 Å². The van der Waals surface area contributed by atoms with E-state index in [1.807, 2.05) is 42.5 Å². The Balaban J connectivity index is 1.37. The first-order valence-corrected chi connectivity index (χ1v) is 11.2. The Morgan fingerprint density at radius 2 is 1.97 bits per heavy atom. The molecule has 1 saturated heterocycles. The van der Waals surface area contributed by atoms with E-state index in [0.29, 0.717) is 12.8 Å². The second kappa shape index (κ2) is 8.03. The normalized spacial score (nSPS) is 21.3. The topological polar surface area (TPSA) is 62.3 Å². The van der Waals surface area contributed by atoms with E-state index in [1.165, 1.54) is 0 Å². The van der Waals surface area contributed by atoms with Crippen LogP contribution in [-0.2, 0) is 9.59 Å². The van der Waals surface area contributed by atoms with Gasteiger partial charge in [0.25, 0.3) is 0 Å². The van der Waals surface area contributed by atoms with Crippen LogP contribution in [0.4, 0.5) is 11.4 Å². The number of rotatable bonds is 4. The maximum Gasteiger partial charge on any atom is 0.228 e. The molecule has 0 saturated carbocycles. The monoisotopic (exact) mass is 417 g/mol. The lowest BCUT2D eigenvalue weighted by atomic mass is 9.82. The molecule has 5 rings (SSSR count). The molecule has 2 aromatic carbocycles. The Hall–Kier alpha value is -2.99. The highest BCUT2D eigenvalue weighted by Gasteiger charge is 2.32. The van der Waals surface area contributed by atoms with Gasteiger partial charge in [0.05, 0.1) is 21.1 Å². The van der Waals surface area contributed by atoms with Crippen LogP contribution in [0.15, 0.2) is 60.7 Å². The van der Waals surface area contributed by atoms with Crippen molar-refractivity contribution in [3.05, 3.63) is 65.7 Å². The van der Waals surface area contributed by atoms with E-state index < -0.39 is 0 Å². The summed E-state index contributed by atoms with van der Waals surface area (Å²) in [5.41, 5.74) is 2.57. The van der Waals surface area contributed by atoms with Gasteiger partial charge >= 0.3 is 0 Å². The van der Waals surface area contributed by atoms with Crippen LogP contribution in [-0.4, -0.2) is 23.3 Å². The van der Waals surface area contributed by atoms with Crippen molar-refractivity contribution in [2.45, 2.75) is 31.6 Å². The van der Waals surface area contributed by atoms with Crippen LogP contribution in [0, 0.1) is 5.92 Å². The first-order valence-electron chi connectivity index (χ1n) is 10.4. The zero-order chi connectivity index (χ0) is 20.5. The molecule has 1 aliphatic carbocycles. The molecule has 1 fully saturated rings. The number of carbonyl (C=O) groups is 2. The van der Waals surface area contributed by atoms with Gasteiger partial charge in [-0.2, -0.15) is 0 Å². The highest BCUT2D eigenvalue weighted by Crippen LogP contribution is 2.39. The fraction of sp³-hybridized carbons (Fsp3) is 0.292. The number of nitrogens with zero attached hydrogens (tertiary/aromatic N) is 2. The van der Waals surface area contributed by atoms with Gasteiger partial charge in [0.15, 0.2) is 0 Å². The number of aromatic nitrogens is 1. The molecule has 2 aliphatic rings. The number of fused-ring (bicyclic) bond motifs is 1. The summed E-state index contributed by atoms with van der Waals surface area (Å²) in [6.45, 7) is 0.739. The highest BCUT2D eigenvalue weighted by atomic mass is 32.1. The predicted octanol–water partition coefficient (Wildman–Crippen LogP) is 5.11. The zero-order valence-corrected chi connectivity index (χ0v) is 17.4. The third kappa shape index (κ3) is 3.63. The third-order valence-electron chi connectivity index (χ3n) is 5.90. The van der Waals surface area contributed by atoms with E-state index >= 15 is 0 Å². The van der Waals surface area contributed by atoms with Crippen LogP contribution >= 0.6 is 11.3 Å². The van der Waals surface area contributed by atoms with Crippen molar-refractivity contribution in [1.29, 1.82) is 0 Å². The number of anilines is 2. The fourth-order valence-corrected chi connectivity index (χ4v) is 5.48. The van der Waals surface area contributed by atoms with Crippen LogP contribution < -0.4 is 10.2 Å². The number of allylic oxidation sites excluding steroid dienone is 2. The largest absolute Gasteiger partial charge is 0.326 e. The van der Waals surface area contributed by atoms with Crippen LogP contribution in [0.5, 0.6) is 0 Å². The number of para-hydroxylation sites is 1.